The second-order valence-electron chi connectivity index (χ2n) is 3.94. The highest BCUT2D eigenvalue weighted by Crippen LogP contribution is 2.25. The molecule has 0 saturated heterocycles. The van der Waals surface area contributed by atoms with Crippen molar-refractivity contribution in [2.24, 2.45) is 5.73 Å². The van der Waals surface area contributed by atoms with Gasteiger partial charge in [-0.3, -0.25) is 5.41 Å². The van der Waals surface area contributed by atoms with Crippen LogP contribution < -0.4 is 5.73 Å². The van der Waals surface area contributed by atoms with Gasteiger partial charge >= 0.3 is 0 Å². The molecular weight excluding hydrogens is 299 g/mol. The molecule has 18 heavy (non-hydrogen) atoms. The lowest BCUT2D eigenvalue weighted by atomic mass is 10.1. The molecule has 2 aromatic rings. The molecule has 0 fully saturated rings. The number of rotatable bonds is 2. The molecule has 1 aromatic heterocycles. The predicted octanol–water partition coefficient (Wildman–Crippen LogP) is 2.67. The Labute approximate surface area is 112 Å². The third kappa shape index (κ3) is 1.92. The Hall–Kier alpha value is -1.69. The monoisotopic (exact) mass is 310 g/mol. The first-order valence-electron chi connectivity index (χ1n) is 5.28. The van der Waals surface area contributed by atoms with Crippen LogP contribution in [-0.4, -0.2) is 15.6 Å². The minimum Gasteiger partial charge on any atom is -0.384 e. The number of nitrogens with one attached hydrogen (secondary N) is 1. The summed E-state index contributed by atoms with van der Waals surface area (Å²) in [7, 11) is 0. The van der Waals surface area contributed by atoms with E-state index in [1.165, 1.54) is 6.07 Å². The summed E-state index contributed by atoms with van der Waals surface area (Å²) < 4.78 is 16.2. The molecule has 1 aromatic carbocycles. The van der Waals surface area contributed by atoms with E-state index in [0.29, 0.717) is 5.69 Å². The summed E-state index contributed by atoms with van der Waals surface area (Å²) in [6.07, 6.45) is 0. The highest BCUT2D eigenvalue weighted by atomic mass is 79.9. The van der Waals surface area contributed by atoms with Crippen LogP contribution in [0.2, 0.25) is 0 Å². The Balaban J connectivity index is 2.75. The van der Waals surface area contributed by atoms with Crippen LogP contribution in [0.5, 0.6) is 0 Å². The van der Waals surface area contributed by atoms with Gasteiger partial charge in [0.1, 0.15) is 11.7 Å². The number of amidine groups is 1. The molecule has 0 atom stereocenters. The molecule has 0 aliphatic heterocycles. The van der Waals surface area contributed by atoms with Crippen molar-refractivity contribution in [3.8, 4) is 5.69 Å². The van der Waals surface area contributed by atoms with Gasteiger partial charge < -0.3 is 5.73 Å². The third-order valence-electron chi connectivity index (χ3n) is 2.69. The standard InChI is InChI=1S/C12H12BrFN4/c1-6-11(13)7(2)18(17-6)9-5-3-4-8(14)10(9)12(15)16/h3-5H,1-2H3,(H3,15,16). The van der Waals surface area contributed by atoms with Crippen LogP contribution in [0.15, 0.2) is 22.7 Å². The van der Waals surface area contributed by atoms with Crippen LogP contribution in [0.4, 0.5) is 4.39 Å². The Morgan fingerprint density at radius 1 is 1.44 bits per heavy atom. The summed E-state index contributed by atoms with van der Waals surface area (Å²) in [6.45, 7) is 3.71. The number of nitrogen functional groups attached to an aromatic ring is 1. The smallest absolute Gasteiger partial charge is 0.136 e. The molecule has 0 unspecified atom stereocenters. The van der Waals surface area contributed by atoms with Gasteiger partial charge in [-0.25, -0.2) is 9.07 Å². The molecule has 0 aliphatic rings. The van der Waals surface area contributed by atoms with Crippen molar-refractivity contribution in [2.45, 2.75) is 13.8 Å². The maximum absolute atomic E-state index is 13.8. The number of nitrogens with two attached hydrogens (primary N) is 1. The van der Waals surface area contributed by atoms with Gasteiger partial charge in [0.25, 0.3) is 0 Å². The van der Waals surface area contributed by atoms with Crippen LogP contribution in [0.25, 0.3) is 5.69 Å². The fourth-order valence-corrected chi connectivity index (χ4v) is 2.06. The lowest BCUT2D eigenvalue weighted by Crippen LogP contribution is -2.17. The first-order valence-corrected chi connectivity index (χ1v) is 6.07. The Morgan fingerprint density at radius 2 is 2.11 bits per heavy atom. The highest BCUT2D eigenvalue weighted by Gasteiger charge is 2.17. The lowest BCUT2D eigenvalue weighted by Gasteiger charge is -2.10. The zero-order valence-electron chi connectivity index (χ0n) is 9.96. The molecule has 2 rings (SSSR count). The van der Waals surface area contributed by atoms with Crippen LogP contribution in [0, 0.1) is 25.1 Å². The zero-order chi connectivity index (χ0) is 13.4. The summed E-state index contributed by atoms with van der Waals surface area (Å²) in [6, 6.07) is 4.54. The van der Waals surface area contributed by atoms with E-state index in [0.717, 1.165) is 15.9 Å². The van der Waals surface area contributed by atoms with E-state index in [4.69, 9.17) is 11.1 Å². The van der Waals surface area contributed by atoms with E-state index < -0.39 is 5.82 Å². The van der Waals surface area contributed by atoms with Gasteiger partial charge in [-0.2, -0.15) is 5.10 Å². The van der Waals surface area contributed by atoms with Gasteiger partial charge in [-0.1, -0.05) is 6.07 Å². The average Bonchev–Trinajstić information content (AvgIpc) is 2.56. The molecule has 0 radical (unpaired) electrons. The minimum absolute atomic E-state index is 0.0654. The van der Waals surface area contributed by atoms with E-state index >= 15 is 0 Å². The molecule has 3 N–H and O–H groups in total. The molecule has 0 saturated carbocycles. The quantitative estimate of drug-likeness (QED) is 0.661. The van der Waals surface area contributed by atoms with Crippen LogP contribution in [-0.2, 0) is 0 Å². The van der Waals surface area contributed by atoms with E-state index in [1.54, 1.807) is 16.8 Å². The van der Waals surface area contributed by atoms with Crippen LogP contribution in [0.3, 0.4) is 0 Å². The molecule has 0 bridgehead atoms. The van der Waals surface area contributed by atoms with E-state index in [1.807, 2.05) is 13.8 Å². The molecule has 0 aliphatic carbocycles. The van der Waals surface area contributed by atoms with Crippen molar-refractivity contribution in [1.82, 2.24) is 9.78 Å². The van der Waals surface area contributed by atoms with Crippen molar-refractivity contribution in [3.05, 3.63) is 45.4 Å². The minimum atomic E-state index is -0.524. The van der Waals surface area contributed by atoms with E-state index in [-0.39, 0.29) is 11.4 Å². The molecule has 0 amide bonds. The van der Waals surface area contributed by atoms with Gasteiger partial charge in [-0.05, 0) is 41.9 Å². The Kier molecular flexibility index (Phi) is 3.21. The Morgan fingerprint density at radius 3 is 2.61 bits per heavy atom. The van der Waals surface area contributed by atoms with Gasteiger partial charge in [0.2, 0.25) is 0 Å². The molecule has 94 valence electrons. The molecule has 6 heteroatoms. The summed E-state index contributed by atoms with van der Waals surface area (Å²) >= 11 is 3.42. The molecule has 0 spiro atoms. The number of hydrogen-bond acceptors (Lipinski definition) is 2. The zero-order valence-corrected chi connectivity index (χ0v) is 11.5. The van der Waals surface area contributed by atoms with Crippen LogP contribution in [0.1, 0.15) is 17.0 Å². The largest absolute Gasteiger partial charge is 0.384 e. The van der Waals surface area contributed by atoms with Crippen molar-refractivity contribution < 1.29 is 4.39 Å². The van der Waals surface area contributed by atoms with Gasteiger partial charge in [0.15, 0.2) is 0 Å². The predicted molar refractivity (Wildman–Crippen MR) is 71.7 cm³/mol. The van der Waals surface area contributed by atoms with E-state index in [9.17, 15) is 4.39 Å². The first kappa shape index (κ1) is 12.8. The fourth-order valence-electron chi connectivity index (χ4n) is 1.81. The van der Waals surface area contributed by atoms with Gasteiger partial charge in [0.05, 0.1) is 27.1 Å². The van der Waals surface area contributed by atoms with Crippen molar-refractivity contribution in [1.29, 1.82) is 5.41 Å². The number of aromatic nitrogens is 2. The third-order valence-corrected chi connectivity index (χ3v) is 3.84. The van der Waals surface area contributed by atoms with Gasteiger partial charge in [0, 0.05) is 0 Å². The maximum Gasteiger partial charge on any atom is 0.136 e. The number of aryl methyl sites for hydroxylation is 1. The second kappa shape index (κ2) is 4.53. The number of halogens is 2. The lowest BCUT2D eigenvalue weighted by molar-refractivity contribution is 0.621. The Bertz CT molecular complexity index is 633. The molecule has 1 heterocycles. The summed E-state index contributed by atoms with van der Waals surface area (Å²) in [5.41, 5.74) is 7.60. The number of benzene rings is 1. The number of nitrogens with zero attached hydrogens (tertiary/aromatic N) is 2. The first-order chi connectivity index (χ1) is 8.43. The second-order valence-corrected chi connectivity index (χ2v) is 4.74. The van der Waals surface area contributed by atoms with Crippen molar-refractivity contribution in [2.75, 3.05) is 0 Å². The number of hydrogen-bond donors (Lipinski definition) is 2. The summed E-state index contributed by atoms with van der Waals surface area (Å²) in [5.74, 6) is -0.838. The summed E-state index contributed by atoms with van der Waals surface area (Å²) in [4.78, 5) is 0. The average molecular weight is 311 g/mol. The normalized spacial score (nSPS) is 10.7. The van der Waals surface area contributed by atoms with Crippen molar-refractivity contribution >= 4 is 21.8 Å². The molecular formula is C12H12BrFN4. The summed E-state index contributed by atoms with van der Waals surface area (Å²) in [5, 5.41) is 11.8. The fraction of sp³-hybridized carbons (Fsp3) is 0.167. The topological polar surface area (TPSA) is 67.7 Å². The van der Waals surface area contributed by atoms with E-state index in [2.05, 4.69) is 21.0 Å². The van der Waals surface area contributed by atoms with Gasteiger partial charge in [-0.15, -0.1) is 0 Å². The van der Waals surface area contributed by atoms with Crippen LogP contribution >= 0.6 is 15.9 Å². The maximum atomic E-state index is 13.8. The molecule has 4 nitrogen and oxygen atoms in total. The van der Waals surface area contributed by atoms with Crippen molar-refractivity contribution in [3.63, 3.8) is 0 Å². The SMILES string of the molecule is Cc1nn(-c2cccc(F)c2C(=N)N)c(C)c1Br. The highest BCUT2D eigenvalue weighted by molar-refractivity contribution is 9.10.